The number of aromatic amines is 1. The minimum absolute atomic E-state index is 0.112. The van der Waals surface area contributed by atoms with Gasteiger partial charge in [-0.25, -0.2) is 0 Å². The van der Waals surface area contributed by atoms with E-state index >= 15 is 0 Å². The van der Waals surface area contributed by atoms with Gasteiger partial charge in [0.2, 0.25) is 0 Å². The van der Waals surface area contributed by atoms with Crippen molar-refractivity contribution < 1.29 is 4.79 Å². The monoisotopic (exact) mass is 235 g/mol. The van der Waals surface area contributed by atoms with Crippen LogP contribution in [0.15, 0.2) is 6.20 Å². The number of carbonyl (C=O) groups excluding carboxylic acids is 1. The molecule has 1 fully saturated rings. The normalized spacial score (nSPS) is 24.6. The van der Waals surface area contributed by atoms with Crippen LogP contribution in [0.25, 0.3) is 0 Å². The number of likely N-dealkylation sites (tertiary alicyclic amines) is 1. The maximum Gasteiger partial charge on any atom is 0.257 e. The highest BCUT2D eigenvalue weighted by atomic mass is 16.2. The highest BCUT2D eigenvalue weighted by Crippen LogP contribution is 2.37. The first-order valence-corrected chi connectivity index (χ1v) is 6.23. The molecule has 0 saturated carbocycles. The summed E-state index contributed by atoms with van der Waals surface area (Å²) in [5.74, 6) is 0.714. The van der Waals surface area contributed by atoms with Crippen LogP contribution in [0.2, 0.25) is 0 Å². The molecule has 2 rings (SSSR count). The van der Waals surface area contributed by atoms with Crippen LogP contribution in [0.4, 0.5) is 0 Å². The molecule has 1 N–H and O–H groups in total. The van der Waals surface area contributed by atoms with E-state index in [1.807, 2.05) is 11.8 Å². The number of H-pyrrole nitrogens is 1. The van der Waals surface area contributed by atoms with Gasteiger partial charge in [-0.1, -0.05) is 20.8 Å². The number of rotatable bonds is 2. The van der Waals surface area contributed by atoms with Crippen molar-refractivity contribution in [1.29, 1.82) is 0 Å². The van der Waals surface area contributed by atoms with Gasteiger partial charge in [-0.2, -0.15) is 5.10 Å². The predicted octanol–water partition coefficient (Wildman–Crippen LogP) is 2.23. The smallest absolute Gasteiger partial charge is 0.257 e. The molecule has 0 radical (unpaired) electrons. The molecule has 1 saturated heterocycles. The molecular formula is C13H21N3O. The molecule has 4 nitrogen and oxygen atoms in total. The van der Waals surface area contributed by atoms with Crippen molar-refractivity contribution in [3.63, 3.8) is 0 Å². The molecule has 1 aliphatic rings. The number of aromatic nitrogens is 2. The average Bonchev–Trinajstić information content (AvgIpc) is 2.85. The summed E-state index contributed by atoms with van der Waals surface area (Å²) in [5, 5.41) is 6.73. The molecule has 0 aliphatic carbocycles. The van der Waals surface area contributed by atoms with Crippen LogP contribution >= 0.6 is 0 Å². The minimum atomic E-state index is 0.112. The number of nitrogens with one attached hydrogen (secondary N) is 1. The second kappa shape index (κ2) is 4.17. The lowest BCUT2D eigenvalue weighted by atomic mass is 9.78. The molecule has 0 unspecified atom stereocenters. The SMILES string of the molecule is Cc1[nH]ncc1C(=O)N1CC[C@](C)(C(C)C)C1. The molecule has 1 amide bonds. The third-order valence-corrected chi connectivity index (χ3v) is 4.25. The molecule has 0 aromatic carbocycles. The zero-order chi connectivity index (χ0) is 12.6. The lowest BCUT2D eigenvalue weighted by Gasteiger charge is -2.28. The highest BCUT2D eigenvalue weighted by molar-refractivity contribution is 5.95. The summed E-state index contributed by atoms with van der Waals surface area (Å²) in [5.41, 5.74) is 1.82. The standard InChI is InChI=1S/C13H21N3O/c1-9(2)13(4)5-6-16(8-13)12(17)11-7-14-15-10(11)3/h7,9H,5-6,8H2,1-4H3,(H,14,15)/t13-/m0/s1. The molecule has 94 valence electrons. The van der Waals surface area contributed by atoms with Gasteiger partial charge >= 0.3 is 0 Å². The zero-order valence-electron chi connectivity index (χ0n) is 11.1. The Bertz CT molecular complexity index is 424. The minimum Gasteiger partial charge on any atom is -0.338 e. The van der Waals surface area contributed by atoms with Crippen LogP contribution < -0.4 is 0 Å². The Morgan fingerprint density at radius 1 is 1.59 bits per heavy atom. The maximum atomic E-state index is 12.3. The molecule has 0 bridgehead atoms. The fourth-order valence-corrected chi connectivity index (χ4v) is 2.37. The van der Waals surface area contributed by atoms with E-state index in [4.69, 9.17) is 0 Å². The number of hydrogen-bond acceptors (Lipinski definition) is 2. The summed E-state index contributed by atoms with van der Waals surface area (Å²) in [6.07, 6.45) is 2.72. The summed E-state index contributed by atoms with van der Waals surface area (Å²) >= 11 is 0. The average molecular weight is 235 g/mol. The van der Waals surface area contributed by atoms with E-state index in [9.17, 15) is 4.79 Å². The highest BCUT2D eigenvalue weighted by Gasteiger charge is 2.38. The van der Waals surface area contributed by atoms with E-state index < -0.39 is 0 Å². The third kappa shape index (κ3) is 2.08. The molecule has 1 aliphatic heterocycles. The van der Waals surface area contributed by atoms with Crippen molar-refractivity contribution in [2.75, 3.05) is 13.1 Å². The number of carbonyl (C=O) groups is 1. The molecule has 4 heteroatoms. The summed E-state index contributed by atoms with van der Waals surface area (Å²) in [6.45, 7) is 10.3. The van der Waals surface area contributed by atoms with E-state index in [0.717, 1.165) is 25.2 Å². The Balaban J connectivity index is 2.12. The summed E-state index contributed by atoms with van der Waals surface area (Å²) in [6, 6.07) is 0. The lowest BCUT2D eigenvalue weighted by Crippen LogP contribution is -2.33. The van der Waals surface area contributed by atoms with Crippen molar-refractivity contribution >= 4 is 5.91 Å². The van der Waals surface area contributed by atoms with Crippen LogP contribution in [0.1, 0.15) is 43.2 Å². The second-order valence-corrected chi connectivity index (χ2v) is 5.69. The molecule has 17 heavy (non-hydrogen) atoms. The van der Waals surface area contributed by atoms with Crippen LogP contribution in [0, 0.1) is 18.3 Å². The molecule has 0 spiro atoms. The van der Waals surface area contributed by atoms with Crippen molar-refractivity contribution in [2.45, 2.75) is 34.1 Å². The first-order chi connectivity index (χ1) is 7.94. The van der Waals surface area contributed by atoms with Gasteiger partial charge in [0, 0.05) is 18.8 Å². The lowest BCUT2D eigenvalue weighted by molar-refractivity contribution is 0.0763. The fraction of sp³-hybridized carbons (Fsp3) is 0.692. The first-order valence-electron chi connectivity index (χ1n) is 6.23. The van der Waals surface area contributed by atoms with Crippen LogP contribution in [0.5, 0.6) is 0 Å². The summed E-state index contributed by atoms with van der Waals surface area (Å²) in [4.78, 5) is 14.3. The van der Waals surface area contributed by atoms with Crippen molar-refractivity contribution in [3.8, 4) is 0 Å². The number of amides is 1. The first kappa shape index (κ1) is 12.1. The maximum absolute atomic E-state index is 12.3. The predicted molar refractivity (Wildman–Crippen MR) is 66.8 cm³/mol. The molecule has 1 atom stereocenters. The van der Waals surface area contributed by atoms with Gasteiger partial charge in [-0.05, 0) is 24.7 Å². The van der Waals surface area contributed by atoms with Gasteiger partial charge in [-0.15, -0.1) is 0 Å². The van der Waals surface area contributed by atoms with Gasteiger partial charge in [0.1, 0.15) is 0 Å². The molecule has 1 aromatic heterocycles. The molecule has 1 aromatic rings. The molecule has 2 heterocycles. The summed E-state index contributed by atoms with van der Waals surface area (Å²) < 4.78 is 0. The topological polar surface area (TPSA) is 49.0 Å². The largest absolute Gasteiger partial charge is 0.338 e. The van der Waals surface area contributed by atoms with Gasteiger partial charge in [0.15, 0.2) is 0 Å². The van der Waals surface area contributed by atoms with E-state index in [2.05, 4.69) is 31.0 Å². The Hall–Kier alpha value is -1.32. The van der Waals surface area contributed by atoms with E-state index in [1.165, 1.54) is 0 Å². The van der Waals surface area contributed by atoms with Gasteiger partial charge in [0.25, 0.3) is 5.91 Å². The van der Waals surface area contributed by atoms with Gasteiger partial charge in [0.05, 0.1) is 11.8 Å². The van der Waals surface area contributed by atoms with Crippen molar-refractivity contribution in [3.05, 3.63) is 17.5 Å². The zero-order valence-corrected chi connectivity index (χ0v) is 11.1. The van der Waals surface area contributed by atoms with Gasteiger partial charge in [-0.3, -0.25) is 9.89 Å². The fourth-order valence-electron chi connectivity index (χ4n) is 2.37. The van der Waals surface area contributed by atoms with E-state index in [1.54, 1.807) is 6.20 Å². The Morgan fingerprint density at radius 3 is 2.76 bits per heavy atom. The van der Waals surface area contributed by atoms with Crippen LogP contribution in [-0.4, -0.2) is 34.1 Å². The van der Waals surface area contributed by atoms with Gasteiger partial charge < -0.3 is 4.90 Å². The van der Waals surface area contributed by atoms with Crippen LogP contribution in [-0.2, 0) is 0 Å². The van der Waals surface area contributed by atoms with Crippen LogP contribution in [0.3, 0.4) is 0 Å². The Labute approximate surface area is 102 Å². The Kier molecular flexibility index (Phi) is 2.98. The van der Waals surface area contributed by atoms with Crippen molar-refractivity contribution in [2.24, 2.45) is 11.3 Å². The van der Waals surface area contributed by atoms with E-state index in [-0.39, 0.29) is 11.3 Å². The second-order valence-electron chi connectivity index (χ2n) is 5.69. The summed E-state index contributed by atoms with van der Waals surface area (Å²) in [7, 11) is 0. The Morgan fingerprint density at radius 2 is 2.29 bits per heavy atom. The quantitative estimate of drug-likeness (QED) is 0.854. The van der Waals surface area contributed by atoms with Crippen molar-refractivity contribution in [1.82, 2.24) is 15.1 Å². The molecular weight excluding hydrogens is 214 g/mol. The number of nitrogens with zero attached hydrogens (tertiary/aromatic N) is 2. The third-order valence-electron chi connectivity index (χ3n) is 4.25. The number of hydrogen-bond donors (Lipinski definition) is 1. The number of aryl methyl sites for hydroxylation is 1. The van der Waals surface area contributed by atoms with E-state index in [0.29, 0.717) is 11.5 Å².